The molecule has 3 aromatic heterocycles. The molecule has 144 valence electrons. The Kier molecular flexibility index (Phi) is 4.40. The zero-order chi connectivity index (χ0) is 19.8. The Bertz CT molecular complexity index is 1240. The summed E-state index contributed by atoms with van der Waals surface area (Å²) in [7, 11) is 0. The van der Waals surface area contributed by atoms with Gasteiger partial charge in [-0.05, 0) is 36.4 Å². The Morgan fingerprint density at radius 1 is 1.17 bits per heavy atom. The van der Waals surface area contributed by atoms with Gasteiger partial charge in [-0.1, -0.05) is 0 Å². The highest BCUT2D eigenvalue weighted by Crippen LogP contribution is 2.24. The van der Waals surface area contributed by atoms with Crippen LogP contribution < -0.4 is 5.56 Å². The number of rotatable bonds is 4. The van der Waals surface area contributed by atoms with E-state index in [4.69, 9.17) is 0 Å². The third-order valence-corrected chi connectivity index (χ3v) is 5.87. The first-order valence-corrected chi connectivity index (χ1v) is 10.2. The van der Waals surface area contributed by atoms with E-state index in [2.05, 4.69) is 15.1 Å². The van der Waals surface area contributed by atoms with Crippen LogP contribution in [0, 0.1) is 5.92 Å². The van der Waals surface area contributed by atoms with Crippen LogP contribution in [0.3, 0.4) is 0 Å². The second-order valence-corrected chi connectivity index (χ2v) is 7.98. The van der Waals surface area contributed by atoms with Crippen LogP contribution >= 0.6 is 11.3 Å². The van der Waals surface area contributed by atoms with Gasteiger partial charge in [-0.2, -0.15) is 5.10 Å². The van der Waals surface area contributed by atoms with Crippen molar-refractivity contribution in [1.29, 1.82) is 0 Å². The van der Waals surface area contributed by atoms with Crippen molar-refractivity contribution >= 4 is 27.5 Å². The molecule has 0 unspecified atom stereocenters. The molecule has 1 fully saturated rings. The highest BCUT2D eigenvalue weighted by Gasteiger charge is 2.32. The van der Waals surface area contributed by atoms with Gasteiger partial charge in [0.15, 0.2) is 0 Å². The number of benzene rings is 1. The summed E-state index contributed by atoms with van der Waals surface area (Å²) < 4.78 is 2.49. The van der Waals surface area contributed by atoms with Gasteiger partial charge in [0.05, 0.1) is 28.0 Å². The van der Waals surface area contributed by atoms with Crippen LogP contribution in [0.15, 0.2) is 65.2 Å². The van der Waals surface area contributed by atoms with Gasteiger partial charge in [0, 0.05) is 48.6 Å². The van der Waals surface area contributed by atoms with Gasteiger partial charge in [-0.25, -0.2) is 9.67 Å². The Balaban J connectivity index is 1.27. The molecule has 1 saturated heterocycles. The lowest BCUT2D eigenvalue weighted by Crippen LogP contribution is -2.52. The van der Waals surface area contributed by atoms with Crippen molar-refractivity contribution in [2.75, 3.05) is 13.1 Å². The molecule has 1 aromatic carbocycles. The lowest BCUT2D eigenvalue weighted by molar-refractivity contribution is 0.0459. The fourth-order valence-corrected chi connectivity index (χ4v) is 4.23. The lowest BCUT2D eigenvalue weighted by Gasteiger charge is -2.39. The molecule has 5 rings (SSSR count). The normalized spacial score (nSPS) is 14.1. The summed E-state index contributed by atoms with van der Waals surface area (Å²) >= 11 is 1.53. The van der Waals surface area contributed by atoms with Crippen LogP contribution in [0.4, 0.5) is 0 Å². The monoisotopic (exact) mass is 403 g/mol. The summed E-state index contributed by atoms with van der Waals surface area (Å²) in [6, 6.07) is 12.6. The van der Waals surface area contributed by atoms with Gasteiger partial charge in [-0.15, -0.1) is 11.3 Å². The largest absolute Gasteiger partial charge is 0.338 e. The van der Waals surface area contributed by atoms with E-state index >= 15 is 0 Å². The van der Waals surface area contributed by atoms with Crippen molar-refractivity contribution < 1.29 is 4.79 Å². The minimum Gasteiger partial charge on any atom is -0.338 e. The molecule has 0 radical (unpaired) electrons. The predicted molar refractivity (Wildman–Crippen MR) is 111 cm³/mol. The van der Waals surface area contributed by atoms with Gasteiger partial charge in [0.2, 0.25) is 0 Å². The average molecular weight is 403 g/mol. The molecule has 0 bridgehead atoms. The molecule has 1 aliphatic rings. The molecule has 0 spiro atoms. The van der Waals surface area contributed by atoms with E-state index in [0.717, 1.165) is 15.8 Å². The summed E-state index contributed by atoms with van der Waals surface area (Å²) in [5.74, 6) is 0.224. The fraction of sp³-hybridized carbons (Fsp3) is 0.190. The molecular formula is C21H17N5O2S. The van der Waals surface area contributed by atoms with E-state index in [1.165, 1.54) is 22.1 Å². The molecule has 0 aliphatic carbocycles. The lowest BCUT2D eigenvalue weighted by atomic mass is 9.98. The topological polar surface area (TPSA) is 81.0 Å². The number of aromatic nitrogens is 4. The number of hydrogen-bond acceptors (Lipinski definition) is 6. The number of carbonyl (C=O) groups excluding carboxylic acids is 1. The third-order valence-electron chi connectivity index (χ3n) is 5.08. The smallest absolute Gasteiger partial charge is 0.266 e. The van der Waals surface area contributed by atoms with E-state index in [1.54, 1.807) is 24.0 Å². The molecule has 0 N–H and O–H groups in total. The van der Waals surface area contributed by atoms with Gasteiger partial charge >= 0.3 is 0 Å². The van der Waals surface area contributed by atoms with Gasteiger partial charge < -0.3 is 4.90 Å². The Morgan fingerprint density at radius 3 is 2.90 bits per heavy atom. The van der Waals surface area contributed by atoms with Gasteiger partial charge in [0.25, 0.3) is 11.5 Å². The second kappa shape index (κ2) is 7.21. The fourth-order valence-electron chi connectivity index (χ4n) is 3.51. The Morgan fingerprint density at radius 2 is 2.07 bits per heavy atom. The highest BCUT2D eigenvalue weighted by atomic mass is 32.1. The number of amides is 1. The number of thiazole rings is 1. The predicted octanol–water partition coefficient (Wildman–Crippen LogP) is 2.69. The van der Waals surface area contributed by atoms with E-state index in [1.807, 2.05) is 35.2 Å². The van der Waals surface area contributed by atoms with E-state index in [-0.39, 0.29) is 17.4 Å². The van der Waals surface area contributed by atoms with Crippen LogP contribution in [-0.2, 0) is 6.54 Å². The van der Waals surface area contributed by atoms with Crippen LogP contribution in [0.2, 0.25) is 0 Å². The highest BCUT2D eigenvalue weighted by molar-refractivity contribution is 7.16. The van der Waals surface area contributed by atoms with Crippen LogP contribution in [0.5, 0.6) is 0 Å². The number of nitrogens with zero attached hydrogens (tertiary/aromatic N) is 5. The van der Waals surface area contributed by atoms with Crippen LogP contribution in [0.1, 0.15) is 10.4 Å². The number of fused-ring (bicyclic) bond motifs is 1. The molecule has 29 heavy (non-hydrogen) atoms. The van der Waals surface area contributed by atoms with Crippen LogP contribution in [-0.4, -0.2) is 43.6 Å². The SMILES string of the molecule is O=C(c1ccc2ncsc2c1)N1CC(Cn2nc(-c3cccnc3)ccc2=O)C1. The number of pyridine rings is 1. The van der Waals surface area contributed by atoms with Gasteiger partial charge in [0.1, 0.15) is 0 Å². The summed E-state index contributed by atoms with van der Waals surface area (Å²) in [4.78, 5) is 35.1. The molecule has 7 nitrogen and oxygen atoms in total. The maximum atomic E-state index is 12.7. The maximum Gasteiger partial charge on any atom is 0.266 e. The second-order valence-electron chi connectivity index (χ2n) is 7.09. The number of likely N-dealkylation sites (tertiary alicyclic amines) is 1. The van der Waals surface area contributed by atoms with Crippen molar-refractivity contribution in [3.05, 3.63) is 76.3 Å². The zero-order valence-electron chi connectivity index (χ0n) is 15.4. The minimum atomic E-state index is -0.141. The molecule has 1 aliphatic heterocycles. The minimum absolute atomic E-state index is 0.0148. The Hall–Kier alpha value is -3.39. The van der Waals surface area contributed by atoms with Crippen LogP contribution in [0.25, 0.3) is 21.5 Å². The summed E-state index contributed by atoms with van der Waals surface area (Å²) in [5.41, 5.74) is 4.80. The molecule has 4 heterocycles. The third kappa shape index (κ3) is 3.42. The first-order chi connectivity index (χ1) is 14.2. The zero-order valence-corrected chi connectivity index (χ0v) is 16.2. The van der Waals surface area contributed by atoms with Crippen molar-refractivity contribution in [1.82, 2.24) is 24.6 Å². The standard InChI is InChI=1S/C21H17N5O2S/c27-20-6-5-17(16-2-1-7-22-9-16)24-26(20)12-14-10-25(11-14)21(28)15-3-4-18-19(8-15)29-13-23-18/h1-9,13-14H,10-12H2. The molecule has 8 heteroatoms. The summed E-state index contributed by atoms with van der Waals surface area (Å²) in [6.45, 7) is 1.72. The van der Waals surface area contributed by atoms with Crippen molar-refractivity contribution in [3.8, 4) is 11.3 Å². The molecule has 0 saturated carbocycles. The van der Waals surface area contributed by atoms with Crippen molar-refractivity contribution in [2.24, 2.45) is 5.92 Å². The molecule has 1 amide bonds. The molecular weight excluding hydrogens is 386 g/mol. The van der Waals surface area contributed by atoms with E-state index in [0.29, 0.717) is 30.9 Å². The van der Waals surface area contributed by atoms with Crippen molar-refractivity contribution in [3.63, 3.8) is 0 Å². The first-order valence-electron chi connectivity index (χ1n) is 9.28. The molecule has 4 aromatic rings. The quantitative estimate of drug-likeness (QED) is 0.523. The first kappa shape index (κ1) is 17.7. The summed E-state index contributed by atoms with van der Waals surface area (Å²) in [6.07, 6.45) is 3.42. The Labute approximate surface area is 170 Å². The summed E-state index contributed by atoms with van der Waals surface area (Å²) in [5, 5.41) is 4.48. The van der Waals surface area contributed by atoms with Gasteiger partial charge in [-0.3, -0.25) is 14.6 Å². The number of hydrogen-bond donors (Lipinski definition) is 0. The maximum absolute atomic E-state index is 12.7. The van der Waals surface area contributed by atoms with Crippen molar-refractivity contribution in [2.45, 2.75) is 6.54 Å². The van der Waals surface area contributed by atoms with E-state index < -0.39 is 0 Å². The number of carbonyl (C=O) groups is 1. The van der Waals surface area contributed by atoms with E-state index in [9.17, 15) is 9.59 Å². The average Bonchev–Trinajstić information content (AvgIpc) is 3.19. The molecule has 0 atom stereocenters.